The zero-order chi connectivity index (χ0) is 27.1. The summed E-state index contributed by atoms with van der Waals surface area (Å²) < 4.78 is 3.22. The quantitative estimate of drug-likeness (QED) is 0.0798. The van der Waals surface area contributed by atoms with Gasteiger partial charge in [-0.15, -0.1) is 10.2 Å². The lowest BCUT2D eigenvalue weighted by Crippen LogP contribution is -2.29. The Morgan fingerprint density at radius 2 is 1.77 bits per heavy atom. The van der Waals surface area contributed by atoms with Crippen LogP contribution in [0.1, 0.15) is 28.6 Å². The lowest BCUT2D eigenvalue weighted by atomic mass is 9.96. The fourth-order valence-electron chi connectivity index (χ4n) is 4.59. The molecule has 5 aromatic rings. The number of benzene rings is 2. The second-order valence-electron chi connectivity index (χ2n) is 8.82. The highest BCUT2D eigenvalue weighted by Gasteiger charge is 2.48. The molecular formula is C28H20BrN5O3S2. The predicted molar refractivity (Wildman–Crippen MR) is 155 cm³/mol. The number of Topliss-reactive ketones (excluding diaryl/α,β-unsaturated/α-hetero) is 1. The van der Waals surface area contributed by atoms with Gasteiger partial charge in [0, 0.05) is 16.4 Å². The number of hydrogen-bond acceptors (Lipinski definition) is 8. The highest BCUT2D eigenvalue weighted by atomic mass is 79.9. The zero-order valence-electron chi connectivity index (χ0n) is 20.5. The number of halogens is 1. The molecule has 2 aromatic carbocycles. The van der Waals surface area contributed by atoms with E-state index in [2.05, 4.69) is 31.1 Å². The largest absolute Gasteiger partial charge is 0.505 e. The number of anilines is 1. The van der Waals surface area contributed by atoms with Crippen molar-refractivity contribution in [3.63, 3.8) is 0 Å². The van der Waals surface area contributed by atoms with Crippen molar-refractivity contribution >= 4 is 67.3 Å². The van der Waals surface area contributed by atoms with E-state index in [0.717, 1.165) is 10.0 Å². The molecule has 0 aliphatic carbocycles. The third-order valence-electron chi connectivity index (χ3n) is 6.37. The van der Waals surface area contributed by atoms with E-state index >= 15 is 0 Å². The Balaban J connectivity index is 1.45. The number of nitrogens with zero attached hydrogens (tertiary/aromatic N) is 5. The van der Waals surface area contributed by atoms with E-state index in [4.69, 9.17) is 0 Å². The molecule has 0 radical (unpaired) electrons. The van der Waals surface area contributed by atoms with Crippen LogP contribution in [0.15, 0.2) is 93.4 Å². The van der Waals surface area contributed by atoms with E-state index in [1.807, 2.05) is 72.8 Å². The van der Waals surface area contributed by atoms with E-state index in [1.165, 1.54) is 28.0 Å². The SMILES string of the molecule is Cc1nc2ccccn2c1C(O)=C1C(=O)C(=O)N(c2nnc(SCc3ccccc3)s2)C1c1ccc(Br)cc1. The van der Waals surface area contributed by atoms with Gasteiger partial charge in [-0.1, -0.05) is 87.6 Å². The van der Waals surface area contributed by atoms with Gasteiger partial charge in [-0.2, -0.15) is 0 Å². The molecular weight excluding hydrogens is 598 g/mol. The first-order chi connectivity index (χ1) is 18.9. The minimum atomic E-state index is -0.897. The second kappa shape index (κ2) is 10.4. The zero-order valence-corrected chi connectivity index (χ0v) is 23.7. The average molecular weight is 619 g/mol. The maximum Gasteiger partial charge on any atom is 0.301 e. The number of thioether (sulfide) groups is 1. The molecule has 0 saturated carbocycles. The number of aromatic nitrogens is 4. The highest BCUT2D eigenvalue weighted by Crippen LogP contribution is 2.44. The van der Waals surface area contributed by atoms with Crippen LogP contribution in [0.4, 0.5) is 5.13 Å². The molecule has 1 atom stereocenters. The van der Waals surface area contributed by atoms with E-state index in [1.54, 1.807) is 17.5 Å². The first kappa shape index (κ1) is 25.5. The molecule has 6 rings (SSSR count). The summed E-state index contributed by atoms with van der Waals surface area (Å²) in [7, 11) is 0. The Hall–Kier alpha value is -3.80. The molecule has 1 aliphatic heterocycles. The van der Waals surface area contributed by atoms with Crippen molar-refractivity contribution in [3.8, 4) is 0 Å². The Labute approximate surface area is 240 Å². The van der Waals surface area contributed by atoms with Crippen LogP contribution in [0.5, 0.6) is 0 Å². The Morgan fingerprint density at radius 1 is 1.03 bits per heavy atom. The summed E-state index contributed by atoms with van der Waals surface area (Å²) >= 11 is 6.19. The van der Waals surface area contributed by atoms with Crippen LogP contribution in [-0.2, 0) is 15.3 Å². The maximum absolute atomic E-state index is 13.5. The Kier molecular flexibility index (Phi) is 6.79. The van der Waals surface area contributed by atoms with E-state index < -0.39 is 17.7 Å². The number of fused-ring (bicyclic) bond motifs is 1. The molecule has 1 fully saturated rings. The van der Waals surface area contributed by atoms with Crippen molar-refractivity contribution in [1.82, 2.24) is 19.6 Å². The predicted octanol–water partition coefficient (Wildman–Crippen LogP) is 6.18. The number of ketones is 1. The summed E-state index contributed by atoms with van der Waals surface area (Å²) in [6.07, 6.45) is 1.76. The average Bonchev–Trinajstić information content (AvgIpc) is 3.62. The Bertz CT molecular complexity index is 1750. The van der Waals surface area contributed by atoms with E-state index in [9.17, 15) is 14.7 Å². The van der Waals surface area contributed by atoms with Crippen molar-refractivity contribution < 1.29 is 14.7 Å². The molecule has 1 unspecified atom stereocenters. The van der Waals surface area contributed by atoms with Crippen molar-refractivity contribution in [2.24, 2.45) is 0 Å². The Morgan fingerprint density at radius 3 is 2.54 bits per heavy atom. The fourth-order valence-corrected chi connectivity index (χ4v) is 6.68. The summed E-state index contributed by atoms with van der Waals surface area (Å²) in [4.78, 5) is 32.9. The van der Waals surface area contributed by atoms with Crippen LogP contribution >= 0.6 is 39.0 Å². The molecule has 8 nitrogen and oxygen atoms in total. The minimum absolute atomic E-state index is 0.0234. The first-order valence-corrected chi connectivity index (χ1v) is 14.5. The number of amides is 1. The van der Waals surface area contributed by atoms with Crippen LogP contribution in [0, 0.1) is 6.92 Å². The van der Waals surface area contributed by atoms with Crippen molar-refractivity contribution in [3.05, 3.63) is 112 Å². The number of rotatable bonds is 6. The third-order valence-corrected chi connectivity index (χ3v) is 9.02. The van der Waals surface area contributed by atoms with Crippen LogP contribution in [0.25, 0.3) is 11.4 Å². The van der Waals surface area contributed by atoms with Gasteiger partial charge in [-0.25, -0.2) is 4.98 Å². The van der Waals surface area contributed by atoms with Gasteiger partial charge in [0.05, 0.1) is 17.3 Å². The number of carbonyl (C=O) groups excluding carboxylic acids is 2. The highest BCUT2D eigenvalue weighted by molar-refractivity contribution is 9.10. The van der Waals surface area contributed by atoms with Gasteiger partial charge >= 0.3 is 5.91 Å². The number of aliphatic hydroxyl groups is 1. The maximum atomic E-state index is 13.5. The van der Waals surface area contributed by atoms with Crippen LogP contribution < -0.4 is 4.90 Å². The normalized spacial score (nSPS) is 16.9. The topological polar surface area (TPSA) is 101 Å². The number of aryl methyl sites for hydroxylation is 1. The van der Waals surface area contributed by atoms with Crippen molar-refractivity contribution in [2.45, 2.75) is 23.1 Å². The number of aliphatic hydroxyl groups excluding tert-OH is 1. The molecule has 4 heterocycles. The van der Waals surface area contributed by atoms with Crippen molar-refractivity contribution in [1.29, 1.82) is 0 Å². The fraction of sp³-hybridized carbons (Fsp3) is 0.107. The van der Waals surface area contributed by atoms with Gasteiger partial charge in [0.25, 0.3) is 5.78 Å². The monoisotopic (exact) mass is 617 g/mol. The van der Waals surface area contributed by atoms with Crippen LogP contribution in [0.3, 0.4) is 0 Å². The summed E-state index contributed by atoms with van der Waals surface area (Å²) in [5.41, 5.74) is 3.29. The molecule has 3 aromatic heterocycles. The number of imidazole rings is 1. The first-order valence-electron chi connectivity index (χ1n) is 11.9. The van der Waals surface area contributed by atoms with Crippen LogP contribution in [-0.4, -0.2) is 36.4 Å². The number of hydrogen-bond donors (Lipinski definition) is 1. The third kappa shape index (κ3) is 4.66. The van der Waals surface area contributed by atoms with E-state index in [-0.39, 0.29) is 16.5 Å². The molecule has 11 heteroatoms. The minimum Gasteiger partial charge on any atom is -0.505 e. The van der Waals surface area contributed by atoms with Gasteiger partial charge in [0.1, 0.15) is 11.3 Å². The van der Waals surface area contributed by atoms with Crippen LogP contribution in [0.2, 0.25) is 0 Å². The second-order valence-corrected chi connectivity index (χ2v) is 11.9. The van der Waals surface area contributed by atoms with Gasteiger partial charge < -0.3 is 5.11 Å². The van der Waals surface area contributed by atoms with Gasteiger partial charge in [0.2, 0.25) is 5.13 Å². The van der Waals surface area contributed by atoms with Crippen molar-refractivity contribution in [2.75, 3.05) is 4.90 Å². The summed E-state index contributed by atoms with van der Waals surface area (Å²) in [6.45, 7) is 1.76. The van der Waals surface area contributed by atoms with Gasteiger partial charge in [0.15, 0.2) is 10.1 Å². The molecule has 1 N–H and O–H groups in total. The van der Waals surface area contributed by atoms with E-state index in [0.29, 0.717) is 32.7 Å². The smallest absolute Gasteiger partial charge is 0.301 e. The lowest BCUT2D eigenvalue weighted by Gasteiger charge is -2.22. The number of pyridine rings is 1. The van der Waals surface area contributed by atoms with Gasteiger partial charge in [-0.05, 0) is 42.3 Å². The lowest BCUT2D eigenvalue weighted by molar-refractivity contribution is -0.132. The molecule has 1 amide bonds. The molecule has 0 spiro atoms. The summed E-state index contributed by atoms with van der Waals surface area (Å²) in [5.74, 6) is -1.16. The number of carbonyl (C=O) groups is 2. The van der Waals surface area contributed by atoms with Gasteiger partial charge in [-0.3, -0.25) is 18.9 Å². The molecule has 1 saturated heterocycles. The summed E-state index contributed by atoms with van der Waals surface area (Å²) in [6, 6.07) is 21.8. The molecule has 194 valence electrons. The molecule has 0 bridgehead atoms. The summed E-state index contributed by atoms with van der Waals surface area (Å²) in [5, 5.41) is 20.5. The molecule has 1 aliphatic rings. The molecule has 39 heavy (non-hydrogen) atoms. The standard InChI is InChI=1S/C28H20BrN5O3S2/c1-16-22(33-14-6-5-9-20(33)30-16)24(35)21-23(18-10-12-19(29)13-11-18)34(26(37)25(21)36)27-31-32-28(39-27)38-15-17-7-3-2-4-8-17/h2-14,23,35H,15H2,1H3.